The van der Waals surface area contributed by atoms with Gasteiger partial charge in [-0.25, -0.2) is 17.9 Å². The highest BCUT2D eigenvalue weighted by Crippen LogP contribution is 2.12. The molecule has 0 spiro atoms. The van der Waals surface area contributed by atoms with Gasteiger partial charge in [-0.2, -0.15) is 5.10 Å². The highest BCUT2D eigenvalue weighted by molar-refractivity contribution is 7.90. The fourth-order valence-electron chi connectivity index (χ4n) is 1.94. The monoisotopic (exact) mass is 309 g/mol. The van der Waals surface area contributed by atoms with Crippen molar-refractivity contribution in [3.05, 3.63) is 46.6 Å². The highest BCUT2D eigenvalue weighted by Gasteiger charge is 2.18. The Kier molecular flexibility index (Phi) is 3.79. The van der Waals surface area contributed by atoms with E-state index in [9.17, 15) is 13.2 Å². The zero-order chi connectivity index (χ0) is 15.8. The van der Waals surface area contributed by atoms with E-state index in [4.69, 9.17) is 0 Å². The topological polar surface area (TPSA) is 74.0 Å². The standard InChI is InChI=1S/C14H19N3O3S/c1-14(2,3)17-13(18)16(10-15-17)9-11-5-7-12(8-6-11)21(4,19)20/h5-8,10H,9H2,1-4H3. The summed E-state index contributed by atoms with van der Waals surface area (Å²) < 4.78 is 25.7. The van der Waals surface area contributed by atoms with E-state index in [2.05, 4.69) is 5.10 Å². The van der Waals surface area contributed by atoms with Crippen LogP contribution in [0.25, 0.3) is 0 Å². The normalized spacial score (nSPS) is 12.6. The number of rotatable bonds is 3. The molecule has 7 heteroatoms. The number of hydrogen-bond acceptors (Lipinski definition) is 4. The van der Waals surface area contributed by atoms with Crippen molar-refractivity contribution < 1.29 is 8.42 Å². The first kappa shape index (κ1) is 15.5. The minimum atomic E-state index is -3.20. The molecule has 0 atom stereocenters. The Balaban J connectivity index is 2.28. The quantitative estimate of drug-likeness (QED) is 0.855. The fraction of sp³-hybridized carbons (Fsp3) is 0.429. The summed E-state index contributed by atoms with van der Waals surface area (Å²) in [5.74, 6) is 0. The SMILES string of the molecule is CC(C)(C)n1ncn(Cc2ccc(S(C)(=O)=O)cc2)c1=O. The van der Waals surface area contributed by atoms with Crippen LogP contribution in [0.5, 0.6) is 0 Å². The van der Waals surface area contributed by atoms with Crippen LogP contribution in [0.1, 0.15) is 26.3 Å². The molecule has 21 heavy (non-hydrogen) atoms. The third kappa shape index (κ3) is 3.41. The van der Waals surface area contributed by atoms with Crippen molar-refractivity contribution in [1.82, 2.24) is 14.3 Å². The van der Waals surface area contributed by atoms with Crippen LogP contribution in [0.4, 0.5) is 0 Å². The second-order valence-electron chi connectivity index (χ2n) is 6.04. The minimum Gasteiger partial charge on any atom is -0.277 e. The first-order valence-corrected chi connectivity index (χ1v) is 8.42. The summed E-state index contributed by atoms with van der Waals surface area (Å²) in [4.78, 5) is 12.5. The molecule has 2 aromatic rings. The average Bonchev–Trinajstić information content (AvgIpc) is 2.70. The first-order valence-electron chi connectivity index (χ1n) is 6.53. The molecule has 0 fully saturated rings. The molecular weight excluding hydrogens is 290 g/mol. The Hall–Kier alpha value is -1.89. The average molecular weight is 309 g/mol. The predicted octanol–water partition coefficient (Wildman–Crippen LogP) is 1.25. The van der Waals surface area contributed by atoms with Crippen molar-refractivity contribution >= 4 is 9.84 Å². The zero-order valence-electron chi connectivity index (χ0n) is 12.6. The van der Waals surface area contributed by atoms with Gasteiger partial charge in [-0.05, 0) is 38.5 Å². The van der Waals surface area contributed by atoms with E-state index in [0.717, 1.165) is 5.56 Å². The Morgan fingerprint density at radius 3 is 2.14 bits per heavy atom. The zero-order valence-corrected chi connectivity index (χ0v) is 13.4. The molecule has 1 aromatic heterocycles. The van der Waals surface area contributed by atoms with Crippen LogP contribution in [0.2, 0.25) is 0 Å². The molecule has 0 aliphatic carbocycles. The van der Waals surface area contributed by atoms with E-state index in [1.54, 1.807) is 24.3 Å². The molecule has 0 amide bonds. The van der Waals surface area contributed by atoms with E-state index in [1.165, 1.54) is 21.8 Å². The summed E-state index contributed by atoms with van der Waals surface area (Å²) in [6.07, 6.45) is 2.66. The molecule has 0 radical (unpaired) electrons. The Morgan fingerprint density at radius 2 is 1.71 bits per heavy atom. The highest BCUT2D eigenvalue weighted by atomic mass is 32.2. The molecule has 0 saturated heterocycles. The van der Waals surface area contributed by atoms with Crippen LogP contribution in [0.15, 0.2) is 40.3 Å². The van der Waals surface area contributed by atoms with Gasteiger partial charge in [0.05, 0.1) is 17.0 Å². The van der Waals surface area contributed by atoms with E-state index in [-0.39, 0.29) is 16.1 Å². The number of nitrogens with zero attached hydrogens (tertiary/aromatic N) is 3. The maximum absolute atomic E-state index is 12.2. The largest absolute Gasteiger partial charge is 0.346 e. The molecule has 1 aromatic carbocycles. The van der Waals surface area contributed by atoms with Crippen LogP contribution in [0.3, 0.4) is 0 Å². The molecule has 1 heterocycles. The number of benzene rings is 1. The first-order chi connectivity index (χ1) is 9.59. The van der Waals surface area contributed by atoms with Crippen molar-refractivity contribution in [2.45, 2.75) is 37.8 Å². The number of sulfone groups is 1. The lowest BCUT2D eigenvalue weighted by Gasteiger charge is -2.16. The molecule has 0 aliphatic heterocycles. The molecular formula is C14H19N3O3S. The van der Waals surface area contributed by atoms with Gasteiger partial charge < -0.3 is 0 Å². The molecule has 0 aliphatic rings. The summed E-state index contributed by atoms with van der Waals surface area (Å²) >= 11 is 0. The lowest BCUT2D eigenvalue weighted by atomic mass is 10.1. The van der Waals surface area contributed by atoms with Crippen molar-refractivity contribution in [3.8, 4) is 0 Å². The van der Waals surface area contributed by atoms with Crippen LogP contribution < -0.4 is 5.69 Å². The Labute approximate surface area is 124 Å². The Morgan fingerprint density at radius 1 is 1.14 bits per heavy atom. The second-order valence-corrected chi connectivity index (χ2v) is 8.06. The van der Waals surface area contributed by atoms with Gasteiger partial charge in [-0.1, -0.05) is 12.1 Å². The minimum absolute atomic E-state index is 0.185. The Bertz CT molecular complexity index is 793. The number of hydrogen-bond donors (Lipinski definition) is 0. The van der Waals surface area contributed by atoms with Gasteiger partial charge in [0, 0.05) is 6.26 Å². The molecule has 0 saturated carbocycles. The smallest absolute Gasteiger partial charge is 0.277 e. The van der Waals surface area contributed by atoms with E-state index < -0.39 is 9.84 Å². The summed E-state index contributed by atoms with van der Waals surface area (Å²) in [6.45, 7) is 6.09. The maximum atomic E-state index is 12.2. The summed E-state index contributed by atoms with van der Waals surface area (Å²) in [6, 6.07) is 6.50. The van der Waals surface area contributed by atoms with Gasteiger partial charge in [0.15, 0.2) is 9.84 Å². The predicted molar refractivity (Wildman–Crippen MR) is 80.1 cm³/mol. The van der Waals surface area contributed by atoms with Gasteiger partial charge in [0.1, 0.15) is 6.33 Å². The van der Waals surface area contributed by atoms with Crippen LogP contribution in [-0.4, -0.2) is 29.0 Å². The molecule has 6 nitrogen and oxygen atoms in total. The van der Waals surface area contributed by atoms with Crippen molar-refractivity contribution in [3.63, 3.8) is 0 Å². The van der Waals surface area contributed by atoms with Crippen LogP contribution in [0, 0.1) is 0 Å². The lowest BCUT2D eigenvalue weighted by Crippen LogP contribution is -2.35. The van der Waals surface area contributed by atoms with E-state index in [1.807, 2.05) is 20.8 Å². The maximum Gasteiger partial charge on any atom is 0.346 e. The fourth-order valence-corrected chi connectivity index (χ4v) is 2.57. The second kappa shape index (κ2) is 5.14. The van der Waals surface area contributed by atoms with Crippen molar-refractivity contribution in [2.24, 2.45) is 0 Å². The van der Waals surface area contributed by atoms with Crippen molar-refractivity contribution in [1.29, 1.82) is 0 Å². The van der Waals surface area contributed by atoms with Crippen molar-refractivity contribution in [2.75, 3.05) is 6.26 Å². The van der Waals surface area contributed by atoms with Gasteiger partial charge in [0.25, 0.3) is 0 Å². The number of aromatic nitrogens is 3. The summed E-state index contributed by atoms with van der Waals surface area (Å²) in [5.41, 5.74) is 0.287. The third-order valence-electron chi connectivity index (χ3n) is 3.07. The molecule has 2 rings (SSSR count). The summed E-state index contributed by atoms with van der Waals surface area (Å²) in [7, 11) is -3.20. The molecule has 114 valence electrons. The molecule has 0 bridgehead atoms. The van der Waals surface area contributed by atoms with Crippen LogP contribution >= 0.6 is 0 Å². The summed E-state index contributed by atoms with van der Waals surface area (Å²) in [5, 5.41) is 4.11. The van der Waals surface area contributed by atoms with E-state index in [0.29, 0.717) is 6.54 Å². The van der Waals surface area contributed by atoms with Gasteiger partial charge in [0.2, 0.25) is 0 Å². The van der Waals surface area contributed by atoms with Gasteiger partial charge >= 0.3 is 5.69 Å². The van der Waals surface area contributed by atoms with Gasteiger partial charge in [-0.3, -0.25) is 4.57 Å². The molecule has 0 unspecified atom stereocenters. The van der Waals surface area contributed by atoms with Crippen LogP contribution in [-0.2, 0) is 21.9 Å². The molecule has 0 N–H and O–H groups in total. The lowest BCUT2D eigenvalue weighted by molar-refractivity contribution is 0.341. The third-order valence-corrected chi connectivity index (χ3v) is 4.20. The van der Waals surface area contributed by atoms with E-state index >= 15 is 0 Å². The van der Waals surface area contributed by atoms with Gasteiger partial charge in [-0.15, -0.1) is 0 Å².